The van der Waals surface area contributed by atoms with Crippen molar-refractivity contribution >= 4 is 34.2 Å². The molecule has 0 aliphatic carbocycles. The number of hydrogen-bond donors (Lipinski definition) is 0. The summed E-state index contributed by atoms with van der Waals surface area (Å²) >= 11 is 12.2. The van der Waals surface area contributed by atoms with Crippen LogP contribution in [0.15, 0.2) is 63.8 Å². The Morgan fingerprint density at radius 2 is 1.55 bits per heavy atom. The molecule has 0 saturated carbocycles. The molecule has 0 unspecified atom stereocenters. The van der Waals surface area contributed by atoms with E-state index in [9.17, 15) is 4.79 Å². The number of rotatable bonds is 4. The molecule has 0 aliphatic heterocycles. The molecule has 0 amide bonds. The summed E-state index contributed by atoms with van der Waals surface area (Å²) in [6, 6.07) is 17.1. The molecule has 0 radical (unpaired) electrons. The lowest BCUT2D eigenvalue weighted by molar-refractivity contribution is 0.298. The van der Waals surface area contributed by atoms with Crippen molar-refractivity contribution in [3.05, 3.63) is 97.1 Å². The molecular weight excluding hydrogens is 455 g/mol. The molecule has 1 aromatic heterocycles. The lowest BCUT2D eigenvalue weighted by atomic mass is 9.86. The minimum atomic E-state index is -0.200. The highest BCUT2D eigenvalue weighted by Crippen LogP contribution is 2.34. The van der Waals surface area contributed by atoms with Gasteiger partial charge in [-0.05, 0) is 65.8 Å². The van der Waals surface area contributed by atoms with E-state index >= 15 is 0 Å². The molecule has 1 heterocycles. The molecule has 4 aromatic rings. The molecule has 170 valence electrons. The van der Waals surface area contributed by atoms with Gasteiger partial charge in [-0.2, -0.15) is 0 Å². The van der Waals surface area contributed by atoms with Crippen LogP contribution >= 0.6 is 23.2 Å². The van der Waals surface area contributed by atoms with Crippen LogP contribution < -0.4 is 10.2 Å². The smallest absolute Gasteiger partial charge is 0.235 e. The molecule has 0 spiro atoms. The highest BCUT2D eigenvalue weighted by molar-refractivity contribution is 6.42. The zero-order chi connectivity index (χ0) is 23.9. The second-order valence-electron chi connectivity index (χ2n) is 9.39. The van der Waals surface area contributed by atoms with Gasteiger partial charge in [-0.25, -0.2) is 0 Å². The van der Waals surface area contributed by atoms with Gasteiger partial charge in [0, 0.05) is 5.56 Å². The second-order valence-corrected chi connectivity index (χ2v) is 10.2. The van der Waals surface area contributed by atoms with Crippen molar-refractivity contribution in [2.45, 2.75) is 46.6 Å². The molecule has 3 aromatic carbocycles. The van der Waals surface area contributed by atoms with E-state index in [1.54, 1.807) is 12.1 Å². The van der Waals surface area contributed by atoms with Gasteiger partial charge in [0.25, 0.3) is 0 Å². The molecule has 0 saturated heterocycles. The van der Waals surface area contributed by atoms with Crippen LogP contribution in [-0.2, 0) is 12.0 Å². The van der Waals surface area contributed by atoms with Crippen LogP contribution in [0.25, 0.3) is 22.3 Å². The van der Waals surface area contributed by atoms with Gasteiger partial charge >= 0.3 is 0 Å². The lowest BCUT2D eigenvalue weighted by Gasteiger charge is -2.19. The molecule has 4 rings (SSSR count). The van der Waals surface area contributed by atoms with Crippen molar-refractivity contribution in [2.24, 2.45) is 0 Å². The Morgan fingerprint density at radius 3 is 2.18 bits per heavy atom. The summed E-state index contributed by atoms with van der Waals surface area (Å²) in [6.45, 7) is 10.6. The van der Waals surface area contributed by atoms with Gasteiger partial charge in [0.15, 0.2) is 5.76 Å². The molecule has 5 heteroatoms. The van der Waals surface area contributed by atoms with Crippen molar-refractivity contribution in [3.63, 3.8) is 0 Å². The summed E-state index contributed by atoms with van der Waals surface area (Å²) in [7, 11) is 0. The van der Waals surface area contributed by atoms with Crippen molar-refractivity contribution in [2.75, 3.05) is 0 Å². The SMILES string of the molecule is Cc1cc2oc(-c3ccc(C(C)(C)C)cc3)c(OCc3ccc(Cl)c(Cl)c3)c(=O)c2cc1C. The van der Waals surface area contributed by atoms with Gasteiger partial charge in [-0.1, -0.05) is 74.3 Å². The normalized spacial score (nSPS) is 11.7. The van der Waals surface area contributed by atoms with Crippen LogP contribution in [0.5, 0.6) is 5.75 Å². The zero-order valence-corrected chi connectivity index (χ0v) is 20.9. The predicted octanol–water partition coefficient (Wildman–Crippen LogP) is 8.26. The maximum atomic E-state index is 13.5. The predicted molar refractivity (Wildman–Crippen MR) is 137 cm³/mol. The summed E-state index contributed by atoms with van der Waals surface area (Å²) in [6.07, 6.45) is 0. The van der Waals surface area contributed by atoms with Crippen LogP contribution in [0.2, 0.25) is 10.0 Å². The number of halogens is 2. The minimum absolute atomic E-state index is 0.0184. The number of ether oxygens (including phenoxy) is 1. The Morgan fingerprint density at radius 1 is 0.879 bits per heavy atom. The fraction of sp³-hybridized carbons (Fsp3) is 0.250. The third kappa shape index (κ3) is 4.80. The third-order valence-electron chi connectivity index (χ3n) is 5.85. The molecule has 0 aliphatic rings. The number of aryl methyl sites for hydroxylation is 2. The molecular formula is C28H26Cl2O3. The van der Waals surface area contributed by atoms with Crippen molar-refractivity contribution in [1.82, 2.24) is 0 Å². The molecule has 0 N–H and O–H groups in total. The highest BCUT2D eigenvalue weighted by atomic mass is 35.5. The number of fused-ring (bicyclic) bond motifs is 1. The van der Waals surface area contributed by atoms with Gasteiger partial charge in [0.1, 0.15) is 12.2 Å². The van der Waals surface area contributed by atoms with E-state index in [1.807, 2.05) is 44.2 Å². The van der Waals surface area contributed by atoms with E-state index in [2.05, 4.69) is 32.9 Å². The highest BCUT2D eigenvalue weighted by Gasteiger charge is 2.20. The Bertz CT molecular complexity index is 1390. The van der Waals surface area contributed by atoms with Gasteiger partial charge in [-0.3, -0.25) is 4.79 Å². The maximum Gasteiger partial charge on any atom is 0.235 e. The quantitative estimate of drug-likeness (QED) is 0.295. The van der Waals surface area contributed by atoms with Crippen LogP contribution in [-0.4, -0.2) is 0 Å². The first-order chi connectivity index (χ1) is 15.5. The van der Waals surface area contributed by atoms with E-state index in [1.165, 1.54) is 5.56 Å². The summed E-state index contributed by atoms with van der Waals surface area (Å²) in [4.78, 5) is 13.5. The monoisotopic (exact) mass is 480 g/mol. The minimum Gasteiger partial charge on any atom is -0.481 e. The zero-order valence-electron chi connectivity index (χ0n) is 19.4. The Balaban J connectivity index is 1.85. The molecule has 0 atom stereocenters. The first-order valence-corrected chi connectivity index (χ1v) is 11.6. The van der Waals surface area contributed by atoms with E-state index in [0.717, 1.165) is 22.3 Å². The van der Waals surface area contributed by atoms with E-state index in [-0.39, 0.29) is 23.2 Å². The van der Waals surface area contributed by atoms with E-state index in [4.69, 9.17) is 32.4 Å². The summed E-state index contributed by atoms with van der Waals surface area (Å²) in [5.41, 5.74) is 5.22. The third-order valence-corrected chi connectivity index (χ3v) is 6.58. The maximum absolute atomic E-state index is 13.5. The molecule has 33 heavy (non-hydrogen) atoms. The van der Waals surface area contributed by atoms with Crippen molar-refractivity contribution < 1.29 is 9.15 Å². The fourth-order valence-electron chi connectivity index (χ4n) is 3.66. The van der Waals surface area contributed by atoms with E-state index < -0.39 is 0 Å². The van der Waals surface area contributed by atoms with Gasteiger partial charge in [-0.15, -0.1) is 0 Å². The van der Waals surface area contributed by atoms with E-state index in [0.29, 0.717) is 26.8 Å². The standard InChI is InChI=1S/C28H26Cl2O3/c1-16-12-21-24(13-17(16)2)33-26(19-7-9-20(10-8-19)28(3,4)5)27(25(21)31)32-15-18-6-11-22(29)23(30)14-18/h6-14H,15H2,1-5H3. The Hall–Kier alpha value is -2.75. The average Bonchev–Trinajstić information content (AvgIpc) is 2.76. The van der Waals surface area contributed by atoms with Crippen LogP contribution in [0.1, 0.15) is 43.0 Å². The Labute approximate surface area is 203 Å². The fourth-order valence-corrected chi connectivity index (χ4v) is 3.98. The van der Waals surface area contributed by atoms with Gasteiger partial charge in [0.2, 0.25) is 11.2 Å². The lowest BCUT2D eigenvalue weighted by Crippen LogP contribution is -2.12. The Kier molecular flexibility index (Phi) is 6.30. The van der Waals surface area contributed by atoms with Crippen molar-refractivity contribution in [1.29, 1.82) is 0 Å². The van der Waals surface area contributed by atoms with Crippen LogP contribution in [0.3, 0.4) is 0 Å². The molecule has 0 bridgehead atoms. The number of benzene rings is 3. The summed E-state index contributed by atoms with van der Waals surface area (Å²) in [5, 5.41) is 1.40. The number of hydrogen-bond acceptors (Lipinski definition) is 3. The topological polar surface area (TPSA) is 39.4 Å². The first-order valence-electron chi connectivity index (χ1n) is 10.8. The van der Waals surface area contributed by atoms with Gasteiger partial charge < -0.3 is 9.15 Å². The summed E-state index contributed by atoms with van der Waals surface area (Å²) in [5.74, 6) is 0.594. The average molecular weight is 481 g/mol. The molecule has 3 nitrogen and oxygen atoms in total. The van der Waals surface area contributed by atoms with Crippen LogP contribution in [0, 0.1) is 13.8 Å². The summed E-state index contributed by atoms with van der Waals surface area (Å²) < 4.78 is 12.4. The first kappa shape index (κ1) is 23.4. The second kappa shape index (κ2) is 8.89. The molecule has 0 fully saturated rings. The largest absolute Gasteiger partial charge is 0.481 e. The van der Waals surface area contributed by atoms with Crippen molar-refractivity contribution in [3.8, 4) is 17.1 Å². The van der Waals surface area contributed by atoms with Gasteiger partial charge in [0.05, 0.1) is 15.4 Å². The van der Waals surface area contributed by atoms with Crippen LogP contribution in [0.4, 0.5) is 0 Å².